The van der Waals surface area contributed by atoms with Crippen molar-refractivity contribution in [2.75, 3.05) is 0 Å². The van der Waals surface area contributed by atoms with Gasteiger partial charge in [0.05, 0.1) is 0 Å². The van der Waals surface area contributed by atoms with Crippen LogP contribution >= 0.6 is 12.6 Å². The van der Waals surface area contributed by atoms with Crippen LogP contribution in [0, 0.1) is 23.2 Å². The first-order valence-electron chi connectivity index (χ1n) is 7.93. The van der Waals surface area contributed by atoms with E-state index in [0.29, 0.717) is 10.7 Å². The molecule has 4 bridgehead atoms. The minimum atomic E-state index is 0.461. The molecule has 0 nitrogen and oxygen atoms in total. The zero-order valence-corrected chi connectivity index (χ0v) is 12.4. The summed E-state index contributed by atoms with van der Waals surface area (Å²) in [7, 11) is 0. The number of rotatable bonds is 3. The zero-order valence-electron chi connectivity index (χ0n) is 11.6. The zero-order chi connectivity index (χ0) is 12.9. The summed E-state index contributed by atoms with van der Waals surface area (Å²) in [6, 6.07) is 10.9. The van der Waals surface area contributed by atoms with Gasteiger partial charge in [-0.1, -0.05) is 43.0 Å². The first kappa shape index (κ1) is 12.3. The molecule has 5 rings (SSSR count). The van der Waals surface area contributed by atoms with Gasteiger partial charge in [-0.2, -0.15) is 0 Å². The van der Waals surface area contributed by atoms with Gasteiger partial charge < -0.3 is 0 Å². The molecule has 4 aliphatic carbocycles. The summed E-state index contributed by atoms with van der Waals surface area (Å²) >= 11 is 6.01. The fourth-order valence-corrected chi connectivity index (χ4v) is 6.10. The Bertz CT molecular complexity index is 415. The molecule has 0 aromatic heterocycles. The van der Waals surface area contributed by atoms with E-state index >= 15 is 0 Å². The Morgan fingerprint density at radius 2 is 1.47 bits per heavy atom. The summed E-state index contributed by atoms with van der Waals surface area (Å²) in [5.41, 5.74) is 1.97. The van der Waals surface area contributed by atoms with Crippen LogP contribution in [0.15, 0.2) is 30.3 Å². The van der Waals surface area contributed by atoms with Gasteiger partial charge in [-0.3, -0.25) is 0 Å². The van der Waals surface area contributed by atoms with Gasteiger partial charge >= 0.3 is 0 Å². The second-order valence-corrected chi connectivity index (χ2v) is 8.03. The van der Waals surface area contributed by atoms with E-state index in [1.54, 1.807) is 0 Å². The third-order valence-electron chi connectivity index (χ3n) is 6.03. The van der Waals surface area contributed by atoms with Crippen LogP contribution in [0.2, 0.25) is 0 Å². The third kappa shape index (κ3) is 2.14. The van der Waals surface area contributed by atoms with Crippen LogP contribution in [0.3, 0.4) is 0 Å². The van der Waals surface area contributed by atoms with E-state index in [4.69, 9.17) is 12.6 Å². The highest BCUT2D eigenvalue weighted by atomic mass is 32.1. The molecular formula is C18H23S. The summed E-state index contributed by atoms with van der Waals surface area (Å²) in [5.74, 6) is 3.06. The van der Waals surface area contributed by atoms with Crippen LogP contribution in [0.4, 0.5) is 0 Å². The summed E-state index contributed by atoms with van der Waals surface area (Å²) in [6.45, 7) is 0. The minimum absolute atomic E-state index is 0.461. The molecule has 1 atom stereocenters. The SMILES string of the molecule is [S]C(Cc1ccccc1)C12CC3CC(CC(C3)C1)C2. The monoisotopic (exact) mass is 271 g/mol. The van der Waals surface area contributed by atoms with E-state index < -0.39 is 0 Å². The number of hydrogen-bond donors (Lipinski definition) is 0. The van der Waals surface area contributed by atoms with Crippen LogP contribution < -0.4 is 0 Å². The predicted molar refractivity (Wildman–Crippen MR) is 82.1 cm³/mol. The highest BCUT2D eigenvalue weighted by Gasteiger charge is 2.53. The van der Waals surface area contributed by atoms with Crippen LogP contribution in [-0.4, -0.2) is 5.25 Å². The van der Waals surface area contributed by atoms with Crippen molar-refractivity contribution in [1.29, 1.82) is 0 Å². The molecule has 4 saturated carbocycles. The highest BCUT2D eigenvalue weighted by molar-refractivity contribution is 7.81. The molecule has 0 saturated heterocycles. The van der Waals surface area contributed by atoms with Gasteiger partial charge in [-0.05, 0) is 73.7 Å². The first-order chi connectivity index (χ1) is 9.23. The Balaban J connectivity index is 1.55. The summed E-state index contributed by atoms with van der Waals surface area (Å²) in [4.78, 5) is 0. The molecule has 0 aliphatic heterocycles. The Morgan fingerprint density at radius 1 is 0.947 bits per heavy atom. The molecule has 0 N–H and O–H groups in total. The van der Waals surface area contributed by atoms with Gasteiger partial charge in [0.25, 0.3) is 0 Å². The van der Waals surface area contributed by atoms with Crippen LogP contribution in [-0.2, 0) is 6.42 Å². The van der Waals surface area contributed by atoms with Crippen molar-refractivity contribution in [2.45, 2.75) is 50.2 Å². The van der Waals surface area contributed by atoms with Crippen LogP contribution in [0.1, 0.15) is 44.1 Å². The van der Waals surface area contributed by atoms with Crippen molar-refractivity contribution in [3.05, 3.63) is 35.9 Å². The normalized spacial score (nSPS) is 41.4. The first-order valence-corrected chi connectivity index (χ1v) is 8.40. The predicted octanol–water partition coefficient (Wildman–Crippen LogP) is 5.01. The lowest BCUT2D eigenvalue weighted by atomic mass is 9.48. The van der Waals surface area contributed by atoms with Gasteiger partial charge in [0.15, 0.2) is 0 Å². The highest BCUT2D eigenvalue weighted by Crippen LogP contribution is 2.62. The van der Waals surface area contributed by atoms with Crippen molar-refractivity contribution < 1.29 is 0 Å². The molecule has 1 aromatic carbocycles. The standard InChI is InChI=1S/C18H23S/c19-17(9-13-4-2-1-3-5-13)18-10-14-6-15(11-18)8-16(7-14)12-18/h1-5,14-17H,6-12H2. The van der Waals surface area contributed by atoms with Gasteiger partial charge in [0.1, 0.15) is 0 Å². The van der Waals surface area contributed by atoms with Gasteiger partial charge in [0.2, 0.25) is 0 Å². The van der Waals surface area contributed by atoms with Gasteiger partial charge in [-0.15, -0.1) is 0 Å². The Morgan fingerprint density at radius 3 is 2.00 bits per heavy atom. The maximum atomic E-state index is 6.01. The lowest BCUT2D eigenvalue weighted by Crippen LogP contribution is -2.50. The van der Waals surface area contributed by atoms with Crippen molar-refractivity contribution in [2.24, 2.45) is 23.2 Å². The smallest absolute Gasteiger partial charge is 0.0248 e. The lowest BCUT2D eigenvalue weighted by molar-refractivity contribution is -0.0529. The molecule has 1 aromatic rings. The molecule has 1 unspecified atom stereocenters. The topological polar surface area (TPSA) is 0 Å². The summed E-state index contributed by atoms with van der Waals surface area (Å²) < 4.78 is 0. The van der Waals surface area contributed by atoms with E-state index in [0.717, 1.165) is 24.2 Å². The largest absolute Gasteiger partial charge is 0.0895 e. The summed E-state index contributed by atoms with van der Waals surface area (Å²) in [5, 5.41) is 0.461. The van der Waals surface area contributed by atoms with Crippen molar-refractivity contribution >= 4 is 12.6 Å². The number of benzene rings is 1. The van der Waals surface area contributed by atoms with E-state index in [1.165, 1.54) is 44.1 Å². The molecule has 4 aliphatic rings. The lowest BCUT2D eigenvalue weighted by Gasteiger charge is -2.58. The fraction of sp³-hybridized carbons (Fsp3) is 0.667. The molecule has 0 heterocycles. The summed E-state index contributed by atoms with van der Waals surface area (Å²) in [6.07, 6.45) is 10.0. The quantitative estimate of drug-likeness (QED) is 0.725. The second-order valence-electron chi connectivity index (χ2n) is 7.46. The Labute approximate surface area is 122 Å². The van der Waals surface area contributed by atoms with E-state index in [9.17, 15) is 0 Å². The maximum absolute atomic E-state index is 6.01. The van der Waals surface area contributed by atoms with Gasteiger partial charge in [0, 0.05) is 5.25 Å². The molecular weight excluding hydrogens is 248 g/mol. The van der Waals surface area contributed by atoms with Crippen LogP contribution in [0.25, 0.3) is 0 Å². The van der Waals surface area contributed by atoms with E-state index in [2.05, 4.69) is 30.3 Å². The van der Waals surface area contributed by atoms with Crippen molar-refractivity contribution in [3.8, 4) is 0 Å². The molecule has 19 heavy (non-hydrogen) atoms. The fourth-order valence-electron chi connectivity index (χ4n) is 5.62. The van der Waals surface area contributed by atoms with Gasteiger partial charge in [-0.25, -0.2) is 0 Å². The molecule has 1 radical (unpaired) electrons. The molecule has 101 valence electrons. The molecule has 0 spiro atoms. The molecule has 4 fully saturated rings. The average molecular weight is 271 g/mol. The van der Waals surface area contributed by atoms with Crippen molar-refractivity contribution in [3.63, 3.8) is 0 Å². The second kappa shape index (κ2) is 4.55. The van der Waals surface area contributed by atoms with Crippen LogP contribution in [0.5, 0.6) is 0 Å². The Kier molecular flexibility index (Phi) is 2.95. The average Bonchev–Trinajstić information content (AvgIpc) is 2.38. The Hall–Kier alpha value is -0.430. The molecule has 1 heteroatoms. The third-order valence-corrected chi connectivity index (χ3v) is 6.70. The molecule has 0 amide bonds. The van der Waals surface area contributed by atoms with E-state index in [-0.39, 0.29) is 0 Å². The minimum Gasteiger partial charge on any atom is -0.0895 e. The van der Waals surface area contributed by atoms with E-state index in [1.807, 2.05) is 0 Å². The van der Waals surface area contributed by atoms with Crippen molar-refractivity contribution in [1.82, 2.24) is 0 Å². The number of hydrogen-bond acceptors (Lipinski definition) is 0. The maximum Gasteiger partial charge on any atom is 0.0248 e.